The van der Waals surface area contributed by atoms with Crippen molar-refractivity contribution < 1.29 is 4.42 Å². The molecule has 2 aromatic heterocycles. The number of hydrogen-bond donors (Lipinski definition) is 1. The average molecular weight is 383 g/mol. The zero-order chi connectivity index (χ0) is 18.8. The lowest BCUT2D eigenvalue weighted by Crippen LogP contribution is -1.82. The third-order valence-corrected chi connectivity index (χ3v) is 5.54. The molecule has 0 aliphatic heterocycles. The topological polar surface area (TPSA) is 54.7 Å². The molecular weight excluding hydrogens is 366 g/mol. The van der Waals surface area contributed by atoms with Crippen molar-refractivity contribution in [3.63, 3.8) is 0 Å². The summed E-state index contributed by atoms with van der Waals surface area (Å²) in [5.41, 5.74) is 5.65. The summed E-state index contributed by atoms with van der Waals surface area (Å²) in [4.78, 5) is 3.24. The Morgan fingerprint density at radius 3 is 2.39 bits per heavy atom. The van der Waals surface area contributed by atoms with E-state index in [0.29, 0.717) is 11.1 Å². The van der Waals surface area contributed by atoms with E-state index in [2.05, 4.69) is 63.7 Å². The molecule has 136 valence electrons. The van der Waals surface area contributed by atoms with Crippen LogP contribution in [0.2, 0.25) is 0 Å². The molecule has 3 aromatic carbocycles. The lowest BCUT2D eigenvalue weighted by atomic mass is 10.0. The van der Waals surface area contributed by atoms with Crippen molar-refractivity contribution in [3.8, 4) is 22.6 Å². The van der Waals surface area contributed by atoms with E-state index in [1.165, 1.54) is 16.7 Å². The van der Waals surface area contributed by atoms with E-state index in [1.54, 1.807) is 11.8 Å². The highest BCUT2D eigenvalue weighted by molar-refractivity contribution is 7.98. The zero-order valence-corrected chi connectivity index (χ0v) is 15.8. The van der Waals surface area contributed by atoms with E-state index >= 15 is 0 Å². The molecule has 0 aliphatic rings. The van der Waals surface area contributed by atoms with E-state index in [9.17, 15) is 0 Å². The highest BCUT2D eigenvalue weighted by Gasteiger charge is 2.13. The van der Waals surface area contributed by atoms with E-state index in [-0.39, 0.29) is 0 Å². The second-order valence-corrected chi connectivity index (χ2v) is 7.40. The fourth-order valence-electron chi connectivity index (χ4n) is 3.19. The van der Waals surface area contributed by atoms with Gasteiger partial charge in [-0.15, -0.1) is 10.2 Å². The lowest BCUT2D eigenvalue weighted by Gasteiger charge is -2.03. The molecule has 0 radical (unpaired) electrons. The maximum atomic E-state index is 5.87. The van der Waals surface area contributed by atoms with Crippen LogP contribution in [-0.2, 0) is 5.75 Å². The van der Waals surface area contributed by atoms with Gasteiger partial charge in [-0.25, -0.2) is 0 Å². The summed E-state index contributed by atoms with van der Waals surface area (Å²) in [7, 11) is 0. The Balaban J connectivity index is 1.29. The summed E-state index contributed by atoms with van der Waals surface area (Å²) in [5, 5.41) is 10.1. The summed E-state index contributed by atoms with van der Waals surface area (Å²) < 4.78 is 5.87. The Morgan fingerprint density at radius 2 is 1.54 bits per heavy atom. The summed E-state index contributed by atoms with van der Waals surface area (Å²) in [6, 6.07) is 27.1. The number of nitrogens with zero attached hydrogens (tertiary/aromatic N) is 2. The van der Waals surface area contributed by atoms with Gasteiger partial charge < -0.3 is 9.40 Å². The second kappa shape index (κ2) is 7.37. The van der Waals surface area contributed by atoms with Crippen molar-refractivity contribution in [3.05, 3.63) is 90.6 Å². The highest BCUT2D eigenvalue weighted by Crippen LogP contribution is 2.30. The first kappa shape index (κ1) is 16.8. The molecule has 0 spiro atoms. The molecule has 5 heteroatoms. The van der Waals surface area contributed by atoms with E-state index in [0.717, 1.165) is 22.2 Å². The van der Waals surface area contributed by atoms with Crippen molar-refractivity contribution in [2.45, 2.75) is 11.0 Å². The van der Waals surface area contributed by atoms with Gasteiger partial charge in [0.15, 0.2) is 0 Å². The average Bonchev–Trinajstić information content (AvgIpc) is 3.40. The third kappa shape index (κ3) is 3.32. The van der Waals surface area contributed by atoms with Gasteiger partial charge in [-0.1, -0.05) is 84.6 Å². The minimum Gasteiger partial charge on any atom is -0.411 e. The molecule has 0 amide bonds. The molecule has 1 N–H and O–H groups in total. The second-order valence-electron chi connectivity index (χ2n) is 6.47. The quantitative estimate of drug-likeness (QED) is 0.368. The van der Waals surface area contributed by atoms with E-state index in [1.807, 2.05) is 36.5 Å². The van der Waals surface area contributed by atoms with Gasteiger partial charge in [0.1, 0.15) is 0 Å². The molecule has 4 nitrogen and oxygen atoms in total. The molecule has 0 saturated heterocycles. The van der Waals surface area contributed by atoms with Gasteiger partial charge in [-0.3, -0.25) is 0 Å². The molecule has 2 heterocycles. The summed E-state index contributed by atoms with van der Waals surface area (Å²) in [5.74, 6) is 1.32. The predicted molar refractivity (Wildman–Crippen MR) is 113 cm³/mol. The van der Waals surface area contributed by atoms with Gasteiger partial charge >= 0.3 is 0 Å². The molecule has 0 bridgehead atoms. The predicted octanol–water partition coefficient (Wildman–Crippen LogP) is 6.18. The van der Waals surface area contributed by atoms with Crippen LogP contribution in [0.3, 0.4) is 0 Å². The first-order chi connectivity index (χ1) is 13.9. The Kier molecular flexibility index (Phi) is 4.43. The summed E-state index contributed by atoms with van der Waals surface area (Å²) in [6.45, 7) is 0. The molecule has 28 heavy (non-hydrogen) atoms. The molecular formula is C23H17N3OS. The zero-order valence-electron chi connectivity index (χ0n) is 15.0. The van der Waals surface area contributed by atoms with Crippen LogP contribution in [-0.4, -0.2) is 15.2 Å². The number of hydrogen-bond acceptors (Lipinski definition) is 4. The number of aromatic nitrogens is 3. The van der Waals surface area contributed by atoms with Crippen LogP contribution in [0.15, 0.2) is 94.7 Å². The van der Waals surface area contributed by atoms with Crippen LogP contribution in [0.1, 0.15) is 5.56 Å². The van der Waals surface area contributed by atoms with Gasteiger partial charge in [0.05, 0.1) is 5.56 Å². The lowest BCUT2D eigenvalue weighted by molar-refractivity contribution is 0.466. The number of rotatable bonds is 5. The van der Waals surface area contributed by atoms with Crippen molar-refractivity contribution in [2.24, 2.45) is 0 Å². The van der Waals surface area contributed by atoms with Crippen LogP contribution in [0.25, 0.3) is 33.5 Å². The molecule has 0 saturated carbocycles. The SMILES string of the molecule is c1ccc(-c2ccc(CSc3nnc(-c4c[nH]c5ccccc45)o3)cc2)cc1. The molecule has 0 fully saturated rings. The normalized spacial score (nSPS) is 11.1. The Morgan fingerprint density at radius 1 is 0.786 bits per heavy atom. The first-order valence-electron chi connectivity index (χ1n) is 9.04. The third-order valence-electron chi connectivity index (χ3n) is 4.65. The maximum absolute atomic E-state index is 5.87. The molecule has 0 atom stereocenters. The van der Waals surface area contributed by atoms with Gasteiger partial charge in [-0.2, -0.15) is 0 Å². The van der Waals surface area contributed by atoms with E-state index in [4.69, 9.17) is 4.42 Å². The van der Waals surface area contributed by atoms with Crippen molar-refractivity contribution in [1.82, 2.24) is 15.2 Å². The monoisotopic (exact) mass is 383 g/mol. The van der Waals surface area contributed by atoms with Crippen LogP contribution in [0, 0.1) is 0 Å². The molecule has 5 aromatic rings. The molecule has 5 rings (SSSR count). The smallest absolute Gasteiger partial charge is 0.277 e. The van der Waals surface area contributed by atoms with E-state index < -0.39 is 0 Å². The first-order valence-corrected chi connectivity index (χ1v) is 10.0. The standard InChI is InChI=1S/C23H17N3OS/c1-2-6-17(7-3-1)18-12-10-16(11-13-18)15-28-23-26-25-22(27-23)20-14-24-21-9-5-4-8-19(20)21/h1-14,24H,15H2. The minimum absolute atomic E-state index is 0.541. The van der Waals surface area contributed by atoms with Gasteiger partial charge in [-0.05, 0) is 22.8 Å². The fourth-order valence-corrected chi connectivity index (χ4v) is 3.91. The number of nitrogens with one attached hydrogen (secondary N) is 1. The number of para-hydroxylation sites is 1. The molecule has 0 aliphatic carbocycles. The fraction of sp³-hybridized carbons (Fsp3) is 0.0435. The Hall–Kier alpha value is -3.31. The summed E-state index contributed by atoms with van der Waals surface area (Å²) >= 11 is 1.55. The Bertz CT molecular complexity index is 1210. The number of aromatic amines is 1. The van der Waals surface area contributed by atoms with Crippen molar-refractivity contribution in [1.29, 1.82) is 0 Å². The number of H-pyrrole nitrogens is 1. The summed E-state index contributed by atoms with van der Waals surface area (Å²) in [6.07, 6.45) is 1.91. The largest absolute Gasteiger partial charge is 0.411 e. The van der Waals surface area contributed by atoms with Crippen LogP contribution in [0.4, 0.5) is 0 Å². The van der Waals surface area contributed by atoms with Crippen LogP contribution >= 0.6 is 11.8 Å². The molecule has 0 unspecified atom stereocenters. The van der Waals surface area contributed by atoms with Gasteiger partial charge in [0, 0.05) is 22.9 Å². The Labute approximate surface area is 166 Å². The number of thioether (sulfide) groups is 1. The van der Waals surface area contributed by atoms with Crippen LogP contribution < -0.4 is 0 Å². The van der Waals surface area contributed by atoms with Crippen LogP contribution in [0.5, 0.6) is 0 Å². The van der Waals surface area contributed by atoms with Gasteiger partial charge in [0.2, 0.25) is 0 Å². The van der Waals surface area contributed by atoms with Crippen molar-refractivity contribution >= 4 is 22.7 Å². The minimum atomic E-state index is 0.541. The van der Waals surface area contributed by atoms with Crippen molar-refractivity contribution in [2.75, 3.05) is 0 Å². The maximum Gasteiger partial charge on any atom is 0.277 e. The number of fused-ring (bicyclic) bond motifs is 1. The van der Waals surface area contributed by atoms with Gasteiger partial charge in [0.25, 0.3) is 11.1 Å². The highest BCUT2D eigenvalue weighted by atomic mass is 32.2. The number of benzene rings is 3.